The number of aromatic nitrogens is 2. The van der Waals surface area contributed by atoms with Crippen molar-refractivity contribution in [2.75, 3.05) is 6.54 Å². The fourth-order valence-electron chi connectivity index (χ4n) is 3.47. The monoisotopic (exact) mass is 369 g/mol. The van der Waals surface area contributed by atoms with Gasteiger partial charge in [-0.25, -0.2) is 9.78 Å². The van der Waals surface area contributed by atoms with Crippen molar-refractivity contribution in [1.29, 1.82) is 0 Å². The Bertz CT molecular complexity index is 745. The highest BCUT2D eigenvalue weighted by Gasteiger charge is 2.43. The molecule has 0 aliphatic carbocycles. The molecule has 0 saturated carbocycles. The summed E-state index contributed by atoms with van der Waals surface area (Å²) < 4.78 is 1.97. The zero-order valence-corrected chi connectivity index (χ0v) is 15.8. The number of carbonyl (C=O) groups is 2. The lowest BCUT2D eigenvalue weighted by atomic mass is 9.99. The molecule has 7 heteroatoms. The molecule has 1 aromatic carbocycles. The molecule has 1 aliphatic heterocycles. The van der Waals surface area contributed by atoms with Gasteiger partial charge >= 0.3 is 6.03 Å². The summed E-state index contributed by atoms with van der Waals surface area (Å²) in [5.74, 6) is -0.105. The summed E-state index contributed by atoms with van der Waals surface area (Å²) in [4.78, 5) is 31.1. The van der Waals surface area contributed by atoms with Gasteiger partial charge in [-0.1, -0.05) is 30.3 Å². The molecule has 3 rings (SSSR count). The van der Waals surface area contributed by atoms with Gasteiger partial charge in [-0.15, -0.1) is 0 Å². The van der Waals surface area contributed by atoms with Crippen molar-refractivity contribution >= 4 is 11.9 Å². The van der Waals surface area contributed by atoms with Gasteiger partial charge in [0.15, 0.2) is 0 Å². The summed E-state index contributed by atoms with van der Waals surface area (Å²) in [6, 6.07) is 9.04. The molecule has 0 bridgehead atoms. The summed E-state index contributed by atoms with van der Waals surface area (Å²) >= 11 is 0. The van der Waals surface area contributed by atoms with E-state index in [1.165, 1.54) is 0 Å². The molecule has 1 aliphatic rings. The van der Waals surface area contributed by atoms with Crippen molar-refractivity contribution < 1.29 is 9.59 Å². The van der Waals surface area contributed by atoms with Crippen molar-refractivity contribution in [3.8, 4) is 0 Å². The fraction of sp³-hybridized carbons (Fsp3) is 0.450. The molecule has 27 heavy (non-hydrogen) atoms. The molecule has 0 radical (unpaired) electrons. The second kappa shape index (κ2) is 8.70. The molecule has 2 unspecified atom stereocenters. The number of benzene rings is 1. The first-order valence-electron chi connectivity index (χ1n) is 9.42. The smallest absolute Gasteiger partial charge is 0.318 e. The van der Waals surface area contributed by atoms with Crippen molar-refractivity contribution in [2.45, 2.75) is 51.4 Å². The Labute approximate surface area is 159 Å². The van der Waals surface area contributed by atoms with Gasteiger partial charge in [0.25, 0.3) is 0 Å². The molecular formula is C20H27N5O2. The molecule has 7 nitrogen and oxygen atoms in total. The highest BCUT2D eigenvalue weighted by molar-refractivity contribution is 5.91. The maximum absolute atomic E-state index is 12.8. The number of aryl methyl sites for hydroxylation is 1. The lowest BCUT2D eigenvalue weighted by Crippen LogP contribution is -2.51. The van der Waals surface area contributed by atoms with Crippen LogP contribution in [0.2, 0.25) is 0 Å². The Morgan fingerprint density at radius 1 is 1.26 bits per heavy atom. The molecule has 2 N–H and O–H groups in total. The number of rotatable bonds is 8. The maximum Gasteiger partial charge on any atom is 0.318 e. The summed E-state index contributed by atoms with van der Waals surface area (Å²) in [6.45, 7) is 5.13. The molecule has 1 aromatic heterocycles. The zero-order chi connectivity index (χ0) is 19.2. The highest BCUT2D eigenvalue weighted by atomic mass is 16.2. The van der Waals surface area contributed by atoms with Crippen molar-refractivity contribution in [1.82, 2.24) is 25.1 Å². The normalized spacial score (nSPS) is 19.4. The van der Waals surface area contributed by atoms with Gasteiger partial charge in [0.2, 0.25) is 5.91 Å². The fourth-order valence-corrected chi connectivity index (χ4v) is 3.47. The Morgan fingerprint density at radius 3 is 2.70 bits per heavy atom. The van der Waals surface area contributed by atoms with Crippen LogP contribution in [0.1, 0.15) is 25.8 Å². The number of hydrogen-bond acceptors (Lipinski definition) is 3. The van der Waals surface area contributed by atoms with E-state index in [1.54, 1.807) is 17.4 Å². The summed E-state index contributed by atoms with van der Waals surface area (Å²) in [5, 5.41) is 5.97. The first kappa shape index (κ1) is 18.9. The van der Waals surface area contributed by atoms with Crippen LogP contribution in [0.25, 0.3) is 0 Å². The van der Waals surface area contributed by atoms with E-state index in [0.29, 0.717) is 13.0 Å². The van der Waals surface area contributed by atoms with Gasteiger partial charge in [0.1, 0.15) is 6.04 Å². The third-order valence-electron chi connectivity index (χ3n) is 4.66. The lowest BCUT2D eigenvalue weighted by molar-refractivity contribution is -0.125. The average molecular weight is 369 g/mol. The summed E-state index contributed by atoms with van der Waals surface area (Å²) in [7, 11) is 0. The SMILES string of the molecule is CC(C)NC(=O)C1C(Cc2ccccc2)NC(=O)N1CCCn1ccnc1. The molecule has 144 valence electrons. The minimum Gasteiger partial charge on any atom is -0.352 e. The van der Waals surface area contributed by atoms with Crippen LogP contribution < -0.4 is 10.6 Å². The van der Waals surface area contributed by atoms with E-state index in [2.05, 4.69) is 15.6 Å². The van der Waals surface area contributed by atoms with Gasteiger partial charge in [0.05, 0.1) is 12.4 Å². The number of urea groups is 1. The Hall–Kier alpha value is -2.83. The number of amides is 3. The predicted octanol–water partition coefficient (Wildman–Crippen LogP) is 1.80. The van der Waals surface area contributed by atoms with Gasteiger partial charge in [-0.2, -0.15) is 0 Å². The van der Waals surface area contributed by atoms with E-state index in [9.17, 15) is 9.59 Å². The summed E-state index contributed by atoms with van der Waals surface area (Å²) in [6.07, 6.45) is 6.77. The third kappa shape index (κ3) is 4.87. The van der Waals surface area contributed by atoms with Crippen LogP contribution in [0.5, 0.6) is 0 Å². The van der Waals surface area contributed by atoms with Crippen molar-refractivity contribution in [2.24, 2.45) is 0 Å². The van der Waals surface area contributed by atoms with Crippen molar-refractivity contribution in [3.63, 3.8) is 0 Å². The van der Waals surface area contributed by atoms with Crippen LogP contribution in [-0.4, -0.2) is 51.1 Å². The standard InChI is InChI=1S/C20H27N5O2/c1-15(2)22-19(26)18-17(13-16-7-4-3-5-8-16)23-20(27)25(18)11-6-10-24-12-9-21-14-24/h3-5,7-9,12,14-15,17-18H,6,10-11,13H2,1-2H3,(H,22,26)(H,23,27). The van der Waals surface area contributed by atoms with Crippen LogP contribution in [-0.2, 0) is 17.8 Å². The van der Waals surface area contributed by atoms with Crippen LogP contribution >= 0.6 is 0 Å². The van der Waals surface area contributed by atoms with E-state index >= 15 is 0 Å². The van der Waals surface area contributed by atoms with Gasteiger partial charge in [-0.05, 0) is 32.3 Å². The molecule has 0 spiro atoms. The van der Waals surface area contributed by atoms with Crippen molar-refractivity contribution in [3.05, 3.63) is 54.6 Å². The van der Waals surface area contributed by atoms with Crippen LogP contribution in [0.15, 0.2) is 49.1 Å². The quantitative estimate of drug-likeness (QED) is 0.745. The minimum absolute atomic E-state index is 0.0263. The zero-order valence-electron chi connectivity index (χ0n) is 15.8. The third-order valence-corrected chi connectivity index (χ3v) is 4.66. The minimum atomic E-state index is -0.511. The number of nitrogens with zero attached hydrogens (tertiary/aromatic N) is 3. The van der Waals surface area contributed by atoms with Gasteiger partial charge in [-0.3, -0.25) is 4.79 Å². The van der Waals surface area contributed by atoms with Crippen LogP contribution in [0.4, 0.5) is 4.79 Å². The number of hydrogen-bond donors (Lipinski definition) is 2. The molecule has 2 heterocycles. The maximum atomic E-state index is 12.8. The van der Waals surface area contributed by atoms with E-state index in [0.717, 1.165) is 18.5 Å². The van der Waals surface area contributed by atoms with Gasteiger partial charge < -0.3 is 20.1 Å². The average Bonchev–Trinajstić information content (AvgIpc) is 3.24. The first-order chi connectivity index (χ1) is 13.0. The van der Waals surface area contributed by atoms with Gasteiger partial charge in [0, 0.05) is 31.5 Å². The first-order valence-corrected chi connectivity index (χ1v) is 9.42. The lowest BCUT2D eigenvalue weighted by Gasteiger charge is -2.26. The number of nitrogens with one attached hydrogen (secondary N) is 2. The molecule has 2 aromatic rings. The molecule has 3 amide bonds. The van der Waals surface area contributed by atoms with Crippen LogP contribution in [0.3, 0.4) is 0 Å². The molecular weight excluding hydrogens is 342 g/mol. The number of imidazole rings is 1. The topological polar surface area (TPSA) is 79.3 Å². The molecule has 1 fully saturated rings. The second-order valence-electron chi connectivity index (χ2n) is 7.20. The van der Waals surface area contributed by atoms with E-state index < -0.39 is 6.04 Å². The van der Waals surface area contributed by atoms with E-state index in [4.69, 9.17) is 0 Å². The Morgan fingerprint density at radius 2 is 2.04 bits per heavy atom. The highest BCUT2D eigenvalue weighted by Crippen LogP contribution is 2.19. The Kier molecular flexibility index (Phi) is 6.11. The molecule has 1 saturated heterocycles. The Balaban J connectivity index is 1.71. The molecule has 2 atom stereocenters. The second-order valence-corrected chi connectivity index (χ2v) is 7.20. The summed E-state index contributed by atoms with van der Waals surface area (Å²) in [5.41, 5.74) is 1.10. The number of carbonyl (C=O) groups excluding carboxylic acids is 2. The van der Waals surface area contributed by atoms with E-state index in [1.807, 2.05) is 54.9 Å². The van der Waals surface area contributed by atoms with Crippen LogP contribution in [0, 0.1) is 0 Å². The van der Waals surface area contributed by atoms with E-state index in [-0.39, 0.29) is 24.0 Å². The largest absolute Gasteiger partial charge is 0.352 e. The predicted molar refractivity (Wildman–Crippen MR) is 103 cm³/mol.